The van der Waals surface area contributed by atoms with Crippen molar-refractivity contribution in [3.05, 3.63) is 42.2 Å². The van der Waals surface area contributed by atoms with E-state index in [1.54, 1.807) is 0 Å². The zero-order chi connectivity index (χ0) is 13.7. The van der Waals surface area contributed by atoms with Crippen LogP contribution in [-0.4, -0.2) is 30.1 Å². The molecule has 1 aromatic carbocycles. The molecular formula is C11H13FN4O2S. The van der Waals surface area contributed by atoms with E-state index in [2.05, 4.69) is 19.9 Å². The van der Waals surface area contributed by atoms with Crippen LogP contribution >= 0.6 is 0 Å². The maximum absolute atomic E-state index is 12.7. The van der Waals surface area contributed by atoms with Gasteiger partial charge in [-0.2, -0.15) is 5.10 Å². The number of hydrogen-bond donors (Lipinski definition) is 2. The predicted molar refractivity (Wildman–Crippen MR) is 66.3 cm³/mol. The van der Waals surface area contributed by atoms with Gasteiger partial charge in [0.25, 0.3) is 0 Å². The van der Waals surface area contributed by atoms with Gasteiger partial charge in [-0.05, 0) is 30.7 Å². The van der Waals surface area contributed by atoms with Gasteiger partial charge in [0, 0.05) is 13.0 Å². The molecule has 2 aromatic rings. The average Bonchev–Trinajstić information content (AvgIpc) is 2.88. The third kappa shape index (κ3) is 3.83. The molecule has 0 fully saturated rings. The molecule has 0 unspecified atom stereocenters. The van der Waals surface area contributed by atoms with Crippen LogP contribution in [0.2, 0.25) is 0 Å². The molecule has 6 nitrogen and oxygen atoms in total. The third-order valence-corrected chi connectivity index (χ3v) is 3.95. The van der Waals surface area contributed by atoms with Crippen LogP contribution in [0.15, 0.2) is 35.5 Å². The minimum atomic E-state index is -3.58. The van der Waals surface area contributed by atoms with E-state index < -0.39 is 15.8 Å². The molecule has 102 valence electrons. The molecule has 1 aromatic heterocycles. The Morgan fingerprint density at radius 2 is 2.00 bits per heavy atom. The molecule has 2 rings (SSSR count). The minimum Gasteiger partial charge on any atom is -0.263 e. The largest absolute Gasteiger partial charge is 0.263 e. The normalized spacial score (nSPS) is 11.6. The van der Waals surface area contributed by atoms with Crippen molar-refractivity contribution in [2.75, 3.05) is 6.54 Å². The zero-order valence-corrected chi connectivity index (χ0v) is 10.8. The van der Waals surface area contributed by atoms with E-state index in [0.29, 0.717) is 18.7 Å². The summed E-state index contributed by atoms with van der Waals surface area (Å²) in [6, 6.07) is 4.69. The van der Waals surface area contributed by atoms with Gasteiger partial charge in [0.05, 0.1) is 4.90 Å². The van der Waals surface area contributed by atoms with Crippen LogP contribution in [-0.2, 0) is 16.4 Å². The van der Waals surface area contributed by atoms with Crippen molar-refractivity contribution in [2.24, 2.45) is 0 Å². The second-order valence-corrected chi connectivity index (χ2v) is 5.65. The number of aryl methyl sites for hydroxylation is 1. The Morgan fingerprint density at radius 3 is 2.63 bits per heavy atom. The number of benzene rings is 1. The van der Waals surface area contributed by atoms with Crippen molar-refractivity contribution in [2.45, 2.75) is 17.7 Å². The molecule has 0 aliphatic carbocycles. The fraction of sp³-hybridized carbons (Fsp3) is 0.273. The molecule has 0 aliphatic rings. The maximum atomic E-state index is 12.7. The Morgan fingerprint density at radius 1 is 1.26 bits per heavy atom. The molecule has 2 N–H and O–H groups in total. The summed E-state index contributed by atoms with van der Waals surface area (Å²) in [7, 11) is -3.58. The van der Waals surface area contributed by atoms with Crippen molar-refractivity contribution in [3.8, 4) is 0 Å². The first-order valence-electron chi connectivity index (χ1n) is 5.67. The molecule has 0 radical (unpaired) electrons. The predicted octanol–water partition coefficient (Wildman–Crippen LogP) is 0.855. The van der Waals surface area contributed by atoms with E-state index in [-0.39, 0.29) is 11.4 Å². The second-order valence-electron chi connectivity index (χ2n) is 3.89. The van der Waals surface area contributed by atoms with Crippen molar-refractivity contribution < 1.29 is 12.8 Å². The molecular weight excluding hydrogens is 271 g/mol. The first-order chi connectivity index (χ1) is 9.08. The summed E-state index contributed by atoms with van der Waals surface area (Å²) < 4.78 is 38.8. The smallest absolute Gasteiger partial charge is 0.240 e. The summed E-state index contributed by atoms with van der Waals surface area (Å²) in [5, 5.41) is 6.39. The summed E-state index contributed by atoms with van der Waals surface area (Å²) in [6.45, 7) is 0.278. The summed E-state index contributed by atoms with van der Waals surface area (Å²) >= 11 is 0. The second kappa shape index (κ2) is 5.89. The number of aromatic nitrogens is 3. The molecule has 0 saturated heterocycles. The van der Waals surface area contributed by atoms with Gasteiger partial charge >= 0.3 is 0 Å². The molecule has 0 aliphatic heterocycles. The number of hydrogen-bond acceptors (Lipinski definition) is 4. The van der Waals surface area contributed by atoms with Gasteiger partial charge in [-0.15, -0.1) is 0 Å². The average molecular weight is 284 g/mol. The van der Waals surface area contributed by atoms with E-state index >= 15 is 0 Å². The number of H-pyrrole nitrogens is 1. The third-order valence-electron chi connectivity index (χ3n) is 2.47. The highest BCUT2D eigenvalue weighted by atomic mass is 32.2. The minimum absolute atomic E-state index is 0.0496. The highest BCUT2D eigenvalue weighted by Crippen LogP contribution is 2.09. The van der Waals surface area contributed by atoms with E-state index in [1.807, 2.05) is 0 Å². The lowest BCUT2D eigenvalue weighted by atomic mass is 10.3. The Labute approximate surface area is 110 Å². The quantitative estimate of drug-likeness (QED) is 0.770. The number of sulfonamides is 1. The van der Waals surface area contributed by atoms with Gasteiger partial charge in [-0.25, -0.2) is 22.5 Å². The lowest BCUT2D eigenvalue weighted by Gasteiger charge is -2.05. The lowest BCUT2D eigenvalue weighted by Crippen LogP contribution is -2.25. The first-order valence-corrected chi connectivity index (χ1v) is 7.16. The fourth-order valence-corrected chi connectivity index (χ4v) is 2.58. The van der Waals surface area contributed by atoms with Crippen LogP contribution in [0.25, 0.3) is 0 Å². The molecule has 0 bridgehead atoms. The molecule has 1 heterocycles. The number of nitrogens with zero attached hydrogens (tertiary/aromatic N) is 2. The number of nitrogens with one attached hydrogen (secondary N) is 2. The SMILES string of the molecule is O=S(=O)(NCCCc1ncn[nH]1)c1ccc(F)cc1. The van der Waals surface area contributed by atoms with Gasteiger partial charge < -0.3 is 0 Å². The monoisotopic (exact) mass is 284 g/mol. The van der Waals surface area contributed by atoms with Crippen molar-refractivity contribution >= 4 is 10.0 Å². The van der Waals surface area contributed by atoms with Crippen LogP contribution in [0.5, 0.6) is 0 Å². The summed E-state index contributed by atoms with van der Waals surface area (Å²) in [5.74, 6) is 0.241. The summed E-state index contributed by atoms with van der Waals surface area (Å²) in [4.78, 5) is 3.98. The van der Waals surface area contributed by atoms with Gasteiger partial charge in [-0.1, -0.05) is 0 Å². The molecule has 0 saturated carbocycles. The summed E-state index contributed by atoms with van der Waals surface area (Å²) in [6.07, 6.45) is 2.60. The molecule has 0 amide bonds. The Bertz CT molecular complexity index is 611. The van der Waals surface area contributed by atoms with Gasteiger partial charge in [0.2, 0.25) is 10.0 Å². The lowest BCUT2D eigenvalue weighted by molar-refractivity contribution is 0.577. The first kappa shape index (κ1) is 13.6. The van der Waals surface area contributed by atoms with E-state index in [1.165, 1.54) is 18.5 Å². The van der Waals surface area contributed by atoms with Crippen LogP contribution in [0, 0.1) is 5.82 Å². The Hall–Kier alpha value is -1.80. The van der Waals surface area contributed by atoms with Crippen LogP contribution in [0.1, 0.15) is 12.2 Å². The van der Waals surface area contributed by atoms with Gasteiger partial charge in [0.15, 0.2) is 0 Å². The number of aromatic amines is 1. The van der Waals surface area contributed by atoms with Crippen LogP contribution < -0.4 is 4.72 Å². The van der Waals surface area contributed by atoms with E-state index in [4.69, 9.17) is 0 Å². The highest BCUT2D eigenvalue weighted by molar-refractivity contribution is 7.89. The molecule has 19 heavy (non-hydrogen) atoms. The number of rotatable bonds is 6. The molecule has 8 heteroatoms. The Balaban J connectivity index is 1.86. The topological polar surface area (TPSA) is 87.7 Å². The highest BCUT2D eigenvalue weighted by Gasteiger charge is 2.12. The molecule has 0 atom stereocenters. The Kier molecular flexibility index (Phi) is 4.23. The van der Waals surface area contributed by atoms with Gasteiger partial charge in [-0.3, -0.25) is 5.10 Å². The van der Waals surface area contributed by atoms with Crippen molar-refractivity contribution in [3.63, 3.8) is 0 Å². The fourth-order valence-electron chi connectivity index (χ4n) is 1.51. The van der Waals surface area contributed by atoms with Crippen molar-refractivity contribution in [1.29, 1.82) is 0 Å². The van der Waals surface area contributed by atoms with Crippen LogP contribution in [0.3, 0.4) is 0 Å². The number of halogens is 1. The van der Waals surface area contributed by atoms with E-state index in [9.17, 15) is 12.8 Å². The van der Waals surface area contributed by atoms with E-state index in [0.717, 1.165) is 12.1 Å². The zero-order valence-electron chi connectivity index (χ0n) is 10.0. The standard InChI is InChI=1S/C11H13FN4O2S/c12-9-3-5-10(6-4-9)19(17,18)15-7-1-2-11-13-8-14-16-11/h3-6,8,15H,1-2,7H2,(H,13,14,16). The molecule has 0 spiro atoms. The van der Waals surface area contributed by atoms with Crippen LogP contribution in [0.4, 0.5) is 4.39 Å². The van der Waals surface area contributed by atoms with Crippen molar-refractivity contribution in [1.82, 2.24) is 19.9 Å². The van der Waals surface area contributed by atoms with Gasteiger partial charge in [0.1, 0.15) is 18.0 Å². The maximum Gasteiger partial charge on any atom is 0.240 e. The summed E-state index contributed by atoms with van der Waals surface area (Å²) in [5.41, 5.74) is 0.